The molecular formula is C16H35N3. The van der Waals surface area contributed by atoms with Gasteiger partial charge in [0.25, 0.3) is 0 Å². The van der Waals surface area contributed by atoms with Gasteiger partial charge in [0.05, 0.1) is 0 Å². The molecule has 0 heterocycles. The van der Waals surface area contributed by atoms with E-state index in [2.05, 4.69) is 38.3 Å². The van der Waals surface area contributed by atoms with E-state index in [0.29, 0.717) is 6.04 Å². The number of nitrogens with zero attached hydrogens (tertiary/aromatic N) is 1. The Morgan fingerprint density at radius 1 is 1.05 bits per heavy atom. The fourth-order valence-electron chi connectivity index (χ4n) is 3.69. The van der Waals surface area contributed by atoms with Crippen LogP contribution in [0.15, 0.2) is 0 Å². The maximum atomic E-state index is 5.92. The number of nitrogens with one attached hydrogen (secondary N) is 1. The molecule has 0 aromatic rings. The fraction of sp³-hybridized carbons (Fsp3) is 1.00. The van der Waals surface area contributed by atoms with Crippen molar-refractivity contribution < 1.29 is 0 Å². The Hall–Kier alpha value is -0.120. The third kappa shape index (κ3) is 4.73. The molecule has 0 aromatic heterocycles. The first-order chi connectivity index (χ1) is 9.03. The Morgan fingerprint density at radius 3 is 2.05 bits per heavy atom. The standard InChI is InChI=1S/C16H35N3/c1-14(2)10-9-11-15(18-17)16(19(3)4)12-7-5-6-8-13-16/h14-15,18H,5-13,17H2,1-4H3. The second-order valence-electron chi connectivity index (χ2n) is 6.96. The molecule has 0 amide bonds. The molecule has 3 heteroatoms. The number of hydrogen-bond acceptors (Lipinski definition) is 3. The number of rotatable bonds is 7. The van der Waals surface area contributed by atoms with Crippen LogP contribution in [-0.2, 0) is 0 Å². The quantitative estimate of drug-likeness (QED) is 0.423. The number of hydrazine groups is 1. The van der Waals surface area contributed by atoms with E-state index in [4.69, 9.17) is 5.84 Å². The number of likely N-dealkylation sites (N-methyl/N-ethyl adjacent to an activating group) is 1. The van der Waals surface area contributed by atoms with Crippen molar-refractivity contribution >= 4 is 0 Å². The zero-order chi connectivity index (χ0) is 14.3. The van der Waals surface area contributed by atoms with Crippen LogP contribution in [0.4, 0.5) is 0 Å². The lowest BCUT2D eigenvalue weighted by molar-refractivity contribution is 0.0746. The lowest BCUT2D eigenvalue weighted by Gasteiger charge is -2.46. The summed E-state index contributed by atoms with van der Waals surface area (Å²) in [6.07, 6.45) is 11.8. The monoisotopic (exact) mass is 269 g/mol. The lowest BCUT2D eigenvalue weighted by Crippen LogP contribution is -2.60. The van der Waals surface area contributed by atoms with E-state index >= 15 is 0 Å². The van der Waals surface area contributed by atoms with Gasteiger partial charge in [-0.15, -0.1) is 0 Å². The molecule has 1 aliphatic rings. The Labute approximate surface area is 120 Å². The van der Waals surface area contributed by atoms with Gasteiger partial charge in [0, 0.05) is 11.6 Å². The summed E-state index contributed by atoms with van der Waals surface area (Å²) < 4.78 is 0. The molecular weight excluding hydrogens is 234 g/mol. The third-order valence-corrected chi connectivity index (χ3v) is 4.98. The average molecular weight is 269 g/mol. The van der Waals surface area contributed by atoms with Gasteiger partial charge in [0.2, 0.25) is 0 Å². The van der Waals surface area contributed by atoms with Crippen LogP contribution in [0.3, 0.4) is 0 Å². The van der Waals surface area contributed by atoms with E-state index in [0.717, 1.165) is 5.92 Å². The van der Waals surface area contributed by atoms with Crippen molar-refractivity contribution in [3.63, 3.8) is 0 Å². The predicted octanol–water partition coefficient (Wildman–Crippen LogP) is 3.30. The van der Waals surface area contributed by atoms with Gasteiger partial charge in [-0.3, -0.25) is 11.3 Å². The van der Waals surface area contributed by atoms with Gasteiger partial charge in [0.15, 0.2) is 0 Å². The summed E-state index contributed by atoms with van der Waals surface area (Å²) in [6, 6.07) is 0.430. The Kier molecular flexibility index (Phi) is 7.33. The van der Waals surface area contributed by atoms with Crippen LogP contribution in [0.25, 0.3) is 0 Å². The van der Waals surface area contributed by atoms with Gasteiger partial charge in [-0.05, 0) is 39.3 Å². The van der Waals surface area contributed by atoms with Gasteiger partial charge in [-0.2, -0.15) is 0 Å². The van der Waals surface area contributed by atoms with E-state index in [9.17, 15) is 0 Å². The lowest BCUT2D eigenvalue weighted by atomic mass is 9.79. The van der Waals surface area contributed by atoms with Crippen molar-refractivity contribution in [2.24, 2.45) is 11.8 Å². The highest BCUT2D eigenvalue weighted by atomic mass is 15.3. The van der Waals surface area contributed by atoms with Crippen molar-refractivity contribution in [2.45, 2.75) is 83.2 Å². The molecule has 1 aliphatic carbocycles. The minimum atomic E-state index is 0.266. The summed E-state index contributed by atoms with van der Waals surface area (Å²) >= 11 is 0. The SMILES string of the molecule is CC(C)CCCC(NN)C1(N(C)C)CCCCCC1. The summed E-state index contributed by atoms with van der Waals surface area (Å²) in [6.45, 7) is 4.61. The zero-order valence-corrected chi connectivity index (χ0v) is 13.5. The highest BCUT2D eigenvalue weighted by Gasteiger charge is 2.39. The molecule has 0 bridgehead atoms. The normalized spacial score (nSPS) is 21.6. The van der Waals surface area contributed by atoms with Crippen LogP contribution in [0.2, 0.25) is 0 Å². The summed E-state index contributed by atoms with van der Waals surface area (Å²) in [5.41, 5.74) is 3.42. The van der Waals surface area contributed by atoms with Crippen molar-refractivity contribution in [3.05, 3.63) is 0 Å². The maximum absolute atomic E-state index is 5.92. The first-order valence-corrected chi connectivity index (χ1v) is 8.16. The molecule has 1 unspecified atom stereocenters. The van der Waals surface area contributed by atoms with Gasteiger partial charge in [-0.1, -0.05) is 52.4 Å². The molecule has 1 saturated carbocycles. The minimum absolute atomic E-state index is 0.266. The molecule has 0 radical (unpaired) electrons. The maximum Gasteiger partial charge on any atom is 0.0394 e. The van der Waals surface area contributed by atoms with Gasteiger partial charge in [-0.25, -0.2) is 0 Å². The summed E-state index contributed by atoms with van der Waals surface area (Å²) in [5, 5.41) is 0. The summed E-state index contributed by atoms with van der Waals surface area (Å²) in [4.78, 5) is 2.44. The van der Waals surface area contributed by atoms with Crippen LogP contribution >= 0.6 is 0 Å². The summed E-state index contributed by atoms with van der Waals surface area (Å²) in [7, 11) is 4.47. The zero-order valence-electron chi connectivity index (χ0n) is 13.5. The molecule has 3 nitrogen and oxygen atoms in total. The minimum Gasteiger partial charge on any atom is -0.302 e. The average Bonchev–Trinajstić information content (AvgIpc) is 2.61. The second-order valence-corrected chi connectivity index (χ2v) is 6.96. The Bertz CT molecular complexity index is 230. The fourth-order valence-corrected chi connectivity index (χ4v) is 3.69. The largest absolute Gasteiger partial charge is 0.302 e. The third-order valence-electron chi connectivity index (χ3n) is 4.98. The Morgan fingerprint density at radius 2 is 1.63 bits per heavy atom. The Balaban J connectivity index is 2.69. The van der Waals surface area contributed by atoms with Gasteiger partial charge >= 0.3 is 0 Å². The van der Waals surface area contributed by atoms with Crippen LogP contribution < -0.4 is 11.3 Å². The molecule has 0 aliphatic heterocycles. The van der Waals surface area contributed by atoms with Crippen molar-refractivity contribution in [3.8, 4) is 0 Å². The first-order valence-electron chi connectivity index (χ1n) is 8.16. The second kappa shape index (κ2) is 8.23. The molecule has 0 saturated heterocycles. The van der Waals surface area contributed by atoms with Crippen molar-refractivity contribution in [1.82, 2.24) is 10.3 Å². The molecule has 1 fully saturated rings. The van der Waals surface area contributed by atoms with Crippen molar-refractivity contribution in [2.75, 3.05) is 14.1 Å². The van der Waals surface area contributed by atoms with E-state index in [1.807, 2.05) is 0 Å². The molecule has 19 heavy (non-hydrogen) atoms. The highest BCUT2D eigenvalue weighted by molar-refractivity contribution is 4.98. The van der Waals surface area contributed by atoms with Crippen LogP contribution in [0.5, 0.6) is 0 Å². The molecule has 114 valence electrons. The highest BCUT2D eigenvalue weighted by Crippen LogP contribution is 2.35. The van der Waals surface area contributed by atoms with E-state index < -0.39 is 0 Å². The first kappa shape index (κ1) is 16.9. The predicted molar refractivity (Wildman–Crippen MR) is 83.9 cm³/mol. The molecule has 0 aromatic carbocycles. The summed E-state index contributed by atoms with van der Waals surface area (Å²) in [5.74, 6) is 6.71. The van der Waals surface area contributed by atoms with E-state index in [1.165, 1.54) is 57.8 Å². The van der Waals surface area contributed by atoms with Crippen LogP contribution in [-0.4, -0.2) is 30.6 Å². The van der Waals surface area contributed by atoms with Crippen molar-refractivity contribution in [1.29, 1.82) is 0 Å². The van der Waals surface area contributed by atoms with E-state index in [1.54, 1.807) is 0 Å². The number of nitrogens with two attached hydrogens (primary N) is 1. The number of hydrogen-bond donors (Lipinski definition) is 2. The molecule has 1 atom stereocenters. The topological polar surface area (TPSA) is 41.3 Å². The molecule has 3 N–H and O–H groups in total. The van der Waals surface area contributed by atoms with Crippen LogP contribution in [0.1, 0.15) is 71.6 Å². The van der Waals surface area contributed by atoms with Gasteiger partial charge < -0.3 is 4.90 Å². The molecule has 1 rings (SSSR count). The van der Waals surface area contributed by atoms with Crippen LogP contribution in [0, 0.1) is 5.92 Å². The smallest absolute Gasteiger partial charge is 0.0394 e. The molecule has 0 spiro atoms. The van der Waals surface area contributed by atoms with E-state index in [-0.39, 0.29) is 5.54 Å². The van der Waals surface area contributed by atoms with Gasteiger partial charge in [0.1, 0.15) is 0 Å².